The summed E-state index contributed by atoms with van der Waals surface area (Å²) in [6, 6.07) is 0. The average molecular weight is 267 g/mol. The molecule has 1 N–H and O–H groups in total. The third kappa shape index (κ3) is 1.57. The van der Waals surface area contributed by atoms with Gasteiger partial charge in [-0.15, -0.1) is 0 Å². The number of aliphatic carboxylic acids is 1. The summed E-state index contributed by atoms with van der Waals surface area (Å²) in [5, 5.41) is 12.7. The number of fused-ring (bicyclic) bond motifs is 1. The third-order valence-electron chi connectivity index (χ3n) is 4.04. The number of hydrogen-bond donors (Lipinski definition) is 1. The van der Waals surface area contributed by atoms with Crippen LogP contribution < -0.4 is 0 Å². The van der Waals surface area contributed by atoms with Gasteiger partial charge in [0.15, 0.2) is 5.41 Å². The first-order chi connectivity index (χ1) is 9.01. The van der Waals surface area contributed by atoms with Gasteiger partial charge in [0, 0.05) is 6.42 Å². The molecular formula is C12H13NO6. The smallest absolute Gasteiger partial charge is 0.384 e. The second-order valence-corrected chi connectivity index (χ2v) is 5.23. The SMILES string of the molecule is O=C(O)C1(C(=O)OC23CCCCC2=NOC3=O)CC1. The fourth-order valence-electron chi connectivity index (χ4n) is 2.56. The Hall–Kier alpha value is -1.92. The molecule has 0 spiro atoms. The summed E-state index contributed by atoms with van der Waals surface area (Å²) in [7, 11) is 0. The van der Waals surface area contributed by atoms with E-state index in [4.69, 9.17) is 9.84 Å². The van der Waals surface area contributed by atoms with Crippen molar-refractivity contribution in [2.75, 3.05) is 0 Å². The number of hydrogen-bond acceptors (Lipinski definition) is 6. The van der Waals surface area contributed by atoms with Crippen LogP contribution >= 0.6 is 0 Å². The van der Waals surface area contributed by atoms with Gasteiger partial charge in [-0.2, -0.15) is 0 Å². The number of carbonyl (C=O) groups is 3. The zero-order valence-corrected chi connectivity index (χ0v) is 10.2. The molecule has 3 rings (SSSR count). The fraction of sp³-hybridized carbons (Fsp3) is 0.667. The standard InChI is InChI=1S/C12H13NO6/c14-8(15)11(5-6-11)9(16)18-12-4-2-1-3-7(12)13-19-10(12)17/h1-6H2,(H,14,15). The van der Waals surface area contributed by atoms with E-state index in [1.54, 1.807) is 0 Å². The molecule has 0 radical (unpaired) electrons. The van der Waals surface area contributed by atoms with E-state index in [1.165, 1.54) is 0 Å². The number of ether oxygens (including phenoxy) is 1. The van der Waals surface area contributed by atoms with E-state index in [0.717, 1.165) is 6.42 Å². The highest BCUT2D eigenvalue weighted by atomic mass is 16.7. The molecule has 0 saturated heterocycles. The summed E-state index contributed by atoms with van der Waals surface area (Å²) in [5.41, 5.74) is -2.54. The quantitative estimate of drug-likeness (QED) is 0.457. The molecule has 1 atom stereocenters. The van der Waals surface area contributed by atoms with E-state index in [1.807, 2.05) is 0 Å². The van der Waals surface area contributed by atoms with Crippen LogP contribution in [0.15, 0.2) is 5.16 Å². The summed E-state index contributed by atoms with van der Waals surface area (Å²) >= 11 is 0. The van der Waals surface area contributed by atoms with Crippen LogP contribution in [0, 0.1) is 5.41 Å². The lowest BCUT2D eigenvalue weighted by molar-refractivity contribution is -0.179. The van der Waals surface area contributed by atoms with Gasteiger partial charge in [0.25, 0.3) is 5.60 Å². The fourth-order valence-corrected chi connectivity index (χ4v) is 2.56. The molecule has 0 aromatic carbocycles. The molecule has 0 bridgehead atoms. The normalized spacial score (nSPS) is 30.9. The van der Waals surface area contributed by atoms with Crippen LogP contribution in [0.4, 0.5) is 0 Å². The van der Waals surface area contributed by atoms with Crippen LogP contribution in [0.1, 0.15) is 38.5 Å². The summed E-state index contributed by atoms with van der Waals surface area (Å²) in [5.74, 6) is -2.76. The van der Waals surface area contributed by atoms with E-state index in [9.17, 15) is 14.4 Å². The van der Waals surface area contributed by atoms with Crippen LogP contribution in [-0.2, 0) is 24.0 Å². The first-order valence-electron chi connectivity index (χ1n) is 6.27. The Morgan fingerprint density at radius 1 is 1.26 bits per heavy atom. The molecule has 1 unspecified atom stereocenters. The molecule has 2 saturated carbocycles. The molecule has 0 aromatic heterocycles. The van der Waals surface area contributed by atoms with Gasteiger partial charge in [-0.1, -0.05) is 5.16 Å². The minimum absolute atomic E-state index is 0.249. The van der Waals surface area contributed by atoms with Gasteiger partial charge >= 0.3 is 17.9 Å². The maximum atomic E-state index is 12.1. The summed E-state index contributed by atoms with van der Waals surface area (Å²) in [6.07, 6.45) is 2.89. The molecule has 7 heteroatoms. The highest BCUT2D eigenvalue weighted by molar-refractivity contribution is 6.15. The van der Waals surface area contributed by atoms with E-state index in [0.29, 0.717) is 25.0 Å². The molecule has 0 amide bonds. The Bertz CT molecular complexity index is 506. The van der Waals surface area contributed by atoms with E-state index >= 15 is 0 Å². The van der Waals surface area contributed by atoms with E-state index in [-0.39, 0.29) is 12.8 Å². The van der Waals surface area contributed by atoms with Crippen molar-refractivity contribution in [3.63, 3.8) is 0 Å². The number of carboxylic acids is 1. The molecule has 19 heavy (non-hydrogen) atoms. The molecule has 0 aromatic rings. The Labute approximate surface area is 108 Å². The zero-order valence-electron chi connectivity index (χ0n) is 10.2. The topological polar surface area (TPSA) is 102 Å². The first kappa shape index (κ1) is 12.1. The van der Waals surface area contributed by atoms with Crippen LogP contribution in [0.2, 0.25) is 0 Å². The van der Waals surface area contributed by atoms with Crippen molar-refractivity contribution in [1.29, 1.82) is 0 Å². The van der Waals surface area contributed by atoms with Crippen molar-refractivity contribution in [2.45, 2.75) is 44.1 Å². The van der Waals surface area contributed by atoms with Gasteiger partial charge in [-0.05, 0) is 32.1 Å². The van der Waals surface area contributed by atoms with Gasteiger partial charge in [-0.3, -0.25) is 9.59 Å². The highest BCUT2D eigenvalue weighted by Crippen LogP contribution is 2.49. The van der Waals surface area contributed by atoms with E-state index < -0.39 is 28.9 Å². The van der Waals surface area contributed by atoms with Gasteiger partial charge in [0.05, 0.1) is 0 Å². The predicted octanol–water partition coefficient (Wildman–Crippen LogP) is 0.620. The third-order valence-corrected chi connectivity index (χ3v) is 4.04. The number of nitrogens with zero attached hydrogens (tertiary/aromatic N) is 1. The van der Waals surface area contributed by atoms with E-state index in [2.05, 4.69) is 9.99 Å². The second-order valence-electron chi connectivity index (χ2n) is 5.23. The average Bonchev–Trinajstić information content (AvgIpc) is 3.13. The summed E-state index contributed by atoms with van der Waals surface area (Å²) in [6.45, 7) is 0. The Balaban J connectivity index is 1.85. The lowest BCUT2D eigenvalue weighted by atomic mass is 9.83. The van der Waals surface area contributed by atoms with Crippen molar-refractivity contribution < 1.29 is 29.1 Å². The van der Waals surface area contributed by atoms with Crippen LogP contribution in [0.3, 0.4) is 0 Å². The molecule has 7 nitrogen and oxygen atoms in total. The molecule has 2 aliphatic carbocycles. The lowest BCUT2D eigenvalue weighted by Gasteiger charge is -2.30. The van der Waals surface area contributed by atoms with Gasteiger partial charge in [0.1, 0.15) is 5.71 Å². The molecular weight excluding hydrogens is 254 g/mol. The van der Waals surface area contributed by atoms with Crippen molar-refractivity contribution in [3.8, 4) is 0 Å². The second kappa shape index (κ2) is 3.79. The monoisotopic (exact) mass is 267 g/mol. The van der Waals surface area contributed by atoms with Crippen LogP contribution in [0.25, 0.3) is 0 Å². The van der Waals surface area contributed by atoms with Gasteiger partial charge < -0.3 is 14.7 Å². The number of esters is 1. The minimum atomic E-state index is -1.47. The summed E-state index contributed by atoms with van der Waals surface area (Å²) < 4.78 is 5.28. The van der Waals surface area contributed by atoms with Gasteiger partial charge in [-0.25, -0.2) is 4.79 Å². The van der Waals surface area contributed by atoms with Gasteiger partial charge in [0.2, 0.25) is 0 Å². The number of rotatable bonds is 3. The number of oxime groups is 1. The van der Waals surface area contributed by atoms with Crippen molar-refractivity contribution >= 4 is 23.6 Å². The molecule has 2 fully saturated rings. The van der Waals surface area contributed by atoms with Crippen molar-refractivity contribution in [3.05, 3.63) is 0 Å². The minimum Gasteiger partial charge on any atom is -0.480 e. The maximum absolute atomic E-state index is 12.1. The Kier molecular flexibility index (Phi) is 2.42. The van der Waals surface area contributed by atoms with Crippen LogP contribution in [0.5, 0.6) is 0 Å². The largest absolute Gasteiger partial charge is 0.480 e. The Morgan fingerprint density at radius 3 is 2.63 bits per heavy atom. The molecule has 102 valence electrons. The molecule has 3 aliphatic rings. The summed E-state index contributed by atoms with van der Waals surface area (Å²) in [4.78, 5) is 39.6. The van der Waals surface area contributed by atoms with Crippen LogP contribution in [-0.4, -0.2) is 34.3 Å². The first-order valence-corrected chi connectivity index (χ1v) is 6.27. The Morgan fingerprint density at radius 2 is 2.00 bits per heavy atom. The molecule has 1 heterocycles. The lowest BCUT2D eigenvalue weighted by Crippen LogP contribution is -2.51. The van der Waals surface area contributed by atoms with Crippen molar-refractivity contribution in [1.82, 2.24) is 0 Å². The highest BCUT2D eigenvalue weighted by Gasteiger charge is 2.63. The van der Waals surface area contributed by atoms with Crippen molar-refractivity contribution in [2.24, 2.45) is 10.6 Å². The predicted molar refractivity (Wildman–Crippen MR) is 60.1 cm³/mol. The maximum Gasteiger partial charge on any atom is 0.384 e. The zero-order chi connectivity index (χ0) is 13.7. The number of carboxylic acid groups (broad SMARTS) is 1. The number of carbonyl (C=O) groups excluding carboxylic acids is 2. The molecule has 1 aliphatic heterocycles.